The largest absolute Gasteiger partial charge is 0.492 e. The Hall–Kier alpha value is -2.67. The minimum atomic E-state index is 0.0444. The molecule has 0 amide bonds. The molecule has 3 aromatic rings. The molecule has 0 radical (unpaired) electrons. The number of benzene rings is 2. The van der Waals surface area contributed by atoms with E-state index in [0.717, 1.165) is 5.69 Å². The van der Waals surface area contributed by atoms with Crippen LogP contribution in [0.5, 0.6) is 5.75 Å². The molecule has 0 spiro atoms. The third-order valence-electron chi connectivity index (χ3n) is 4.07. The van der Waals surface area contributed by atoms with Crippen LogP contribution in [0.15, 0.2) is 53.7 Å². The van der Waals surface area contributed by atoms with Crippen LogP contribution in [-0.2, 0) is 0 Å². The summed E-state index contributed by atoms with van der Waals surface area (Å²) in [5.74, 6) is 1.45. The van der Waals surface area contributed by atoms with Crippen LogP contribution >= 0.6 is 11.8 Å². The van der Waals surface area contributed by atoms with Gasteiger partial charge in [-0.2, -0.15) is 4.68 Å². The number of carbonyl (C=O) groups excluding carboxylic acids is 1. The molecule has 0 N–H and O–H groups in total. The molecule has 0 unspecified atom stereocenters. The van der Waals surface area contributed by atoms with E-state index < -0.39 is 0 Å². The van der Waals surface area contributed by atoms with E-state index >= 15 is 0 Å². The lowest BCUT2D eigenvalue weighted by molar-refractivity contribution is 0.102. The summed E-state index contributed by atoms with van der Waals surface area (Å²) in [5, 5.41) is 12.4. The molecule has 2 aromatic carbocycles. The fraction of sp³-hybridized carbons (Fsp3) is 0.300. The van der Waals surface area contributed by atoms with Gasteiger partial charge in [-0.05, 0) is 41.0 Å². The number of para-hydroxylation sites is 2. The van der Waals surface area contributed by atoms with Gasteiger partial charge >= 0.3 is 0 Å². The Morgan fingerprint density at radius 3 is 2.59 bits per heavy atom. The maximum Gasteiger partial charge on any atom is 0.214 e. The number of aromatic nitrogens is 4. The molecule has 1 heterocycles. The Bertz CT molecular complexity index is 906. The number of thioether (sulfide) groups is 1. The van der Waals surface area contributed by atoms with Crippen molar-refractivity contribution in [1.29, 1.82) is 0 Å². The van der Waals surface area contributed by atoms with Gasteiger partial charge in [-0.1, -0.05) is 62.0 Å². The predicted molar refractivity (Wildman–Crippen MR) is 106 cm³/mol. The number of tetrazole rings is 1. The summed E-state index contributed by atoms with van der Waals surface area (Å²) in [6, 6.07) is 15.3. The first kappa shape index (κ1) is 19.1. The lowest BCUT2D eigenvalue weighted by atomic mass is 10.0. The van der Waals surface area contributed by atoms with Gasteiger partial charge in [0.15, 0.2) is 5.78 Å². The first-order valence-corrected chi connectivity index (χ1v) is 9.85. The molecule has 0 atom stereocenters. The summed E-state index contributed by atoms with van der Waals surface area (Å²) in [6.07, 6.45) is 0. The SMILES string of the molecule is CCOc1ccccc1-n1nnnc1SCC(=O)c1ccc(C(C)C)cc1. The van der Waals surface area contributed by atoms with Crippen LogP contribution in [0.3, 0.4) is 0 Å². The molecular weight excluding hydrogens is 360 g/mol. The summed E-state index contributed by atoms with van der Waals surface area (Å²) in [6.45, 7) is 6.74. The number of rotatable bonds is 8. The molecule has 0 saturated carbocycles. The second kappa shape index (κ2) is 8.81. The zero-order valence-corrected chi connectivity index (χ0v) is 16.4. The van der Waals surface area contributed by atoms with Gasteiger partial charge < -0.3 is 4.74 Å². The molecule has 0 aliphatic heterocycles. The van der Waals surface area contributed by atoms with E-state index in [2.05, 4.69) is 29.4 Å². The standard InChI is InChI=1S/C20H22N4O2S/c1-4-26-19-8-6-5-7-17(19)24-20(21-22-23-24)27-13-18(25)16-11-9-15(10-12-16)14(2)3/h5-12,14H,4,13H2,1-3H3. The molecular formula is C20H22N4O2S. The lowest BCUT2D eigenvalue weighted by Gasteiger charge is -2.10. The van der Waals surface area contributed by atoms with Crippen molar-refractivity contribution in [3.8, 4) is 11.4 Å². The fourth-order valence-corrected chi connectivity index (χ4v) is 3.38. The van der Waals surface area contributed by atoms with E-state index in [0.29, 0.717) is 29.0 Å². The third-order valence-corrected chi connectivity index (χ3v) is 4.99. The first-order chi connectivity index (χ1) is 13.1. The number of hydrogen-bond donors (Lipinski definition) is 0. The van der Waals surface area contributed by atoms with Gasteiger partial charge in [0.05, 0.1) is 12.4 Å². The molecule has 0 aliphatic carbocycles. The maximum absolute atomic E-state index is 12.5. The summed E-state index contributed by atoms with van der Waals surface area (Å²) in [4.78, 5) is 12.5. The molecule has 0 saturated heterocycles. The molecule has 7 heteroatoms. The average molecular weight is 382 g/mol. The second-order valence-corrected chi connectivity index (χ2v) is 7.21. The number of hydrogen-bond acceptors (Lipinski definition) is 6. The van der Waals surface area contributed by atoms with E-state index in [1.54, 1.807) is 4.68 Å². The molecule has 3 rings (SSSR count). The number of carbonyl (C=O) groups is 1. The molecule has 27 heavy (non-hydrogen) atoms. The summed E-state index contributed by atoms with van der Waals surface area (Å²) in [5.41, 5.74) is 2.66. The van der Waals surface area contributed by atoms with E-state index in [1.807, 2.05) is 55.5 Å². The van der Waals surface area contributed by atoms with E-state index in [9.17, 15) is 4.79 Å². The monoisotopic (exact) mass is 382 g/mol. The summed E-state index contributed by atoms with van der Waals surface area (Å²) in [7, 11) is 0. The molecule has 0 aliphatic rings. The zero-order chi connectivity index (χ0) is 19.2. The number of ketones is 1. The third kappa shape index (κ3) is 4.54. The van der Waals surface area contributed by atoms with Crippen LogP contribution in [-0.4, -0.2) is 38.4 Å². The van der Waals surface area contributed by atoms with Crippen LogP contribution in [0.25, 0.3) is 5.69 Å². The maximum atomic E-state index is 12.5. The molecule has 1 aromatic heterocycles. The normalized spacial score (nSPS) is 11.0. The van der Waals surface area contributed by atoms with E-state index in [4.69, 9.17) is 4.74 Å². The number of Topliss-reactive ketones (excluding diaryl/α,β-unsaturated/α-hetero) is 1. The molecule has 6 nitrogen and oxygen atoms in total. The number of nitrogens with zero attached hydrogens (tertiary/aromatic N) is 4. The lowest BCUT2D eigenvalue weighted by Crippen LogP contribution is -2.06. The van der Waals surface area contributed by atoms with Gasteiger partial charge in [-0.15, -0.1) is 5.10 Å². The predicted octanol–water partition coefficient (Wildman–Crippen LogP) is 4.16. The first-order valence-electron chi connectivity index (χ1n) is 8.86. The molecule has 0 fully saturated rings. The minimum Gasteiger partial charge on any atom is -0.492 e. The van der Waals surface area contributed by atoms with Crippen molar-refractivity contribution in [1.82, 2.24) is 20.2 Å². The average Bonchev–Trinajstić information content (AvgIpc) is 3.15. The van der Waals surface area contributed by atoms with Crippen LogP contribution in [0, 0.1) is 0 Å². The van der Waals surface area contributed by atoms with Crippen molar-refractivity contribution in [3.63, 3.8) is 0 Å². The van der Waals surface area contributed by atoms with Crippen molar-refractivity contribution >= 4 is 17.5 Å². The Balaban J connectivity index is 1.73. The van der Waals surface area contributed by atoms with E-state index in [-0.39, 0.29) is 11.5 Å². The van der Waals surface area contributed by atoms with Gasteiger partial charge in [0.25, 0.3) is 0 Å². The van der Waals surface area contributed by atoms with Crippen molar-refractivity contribution in [2.75, 3.05) is 12.4 Å². The Labute approximate surface area is 162 Å². The summed E-state index contributed by atoms with van der Waals surface area (Å²) >= 11 is 1.31. The number of ether oxygens (including phenoxy) is 1. The zero-order valence-electron chi connectivity index (χ0n) is 15.6. The Kier molecular flexibility index (Phi) is 6.24. The topological polar surface area (TPSA) is 69.9 Å². The highest BCUT2D eigenvalue weighted by Crippen LogP contribution is 2.26. The van der Waals surface area contributed by atoms with Crippen molar-refractivity contribution < 1.29 is 9.53 Å². The quantitative estimate of drug-likeness (QED) is 0.430. The second-order valence-electron chi connectivity index (χ2n) is 6.26. The van der Waals surface area contributed by atoms with Gasteiger partial charge in [-0.3, -0.25) is 4.79 Å². The summed E-state index contributed by atoms with van der Waals surface area (Å²) < 4.78 is 7.25. The highest BCUT2D eigenvalue weighted by atomic mass is 32.2. The molecule has 140 valence electrons. The van der Waals surface area contributed by atoms with Crippen LogP contribution in [0.2, 0.25) is 0 Å². The van der Waals surface area contributed by atoms with E-state index in [1.165, 1.54) is 17.3 Å². The Morgan fingerprint density at radius 1 is 1.15 bits per heavy atom. The van der Waals surface area contributed by atoms with Gasteiger partial charge in [0, 0.05) is 5.56 Å². The smallest absolute Gasteiger partial charge is 0.214 e. The van der Waals surface area contributed by atoms with Crippen LogP contribution in [0.1, 0.15) is 42.6 Å². The van der Waals surface area contributed by atoms with Crippen LogP contribution in [0.4, 0.5) is 0 Å². The van der Waals surface area contributed by atoms with Crippen molar-refractivity contribution in [2.24, 2.45) is 0 Å². The van der Waals surface area contributed by atoms with Crippen molar-refractivity contribution in [3.05, 3.63) is 59.7 Å². The van der Waals surface area contributed by atoms with Gasteiger partial charge in [-0.25, -0.2) is 0 Å². The molecule has 0 bridgehead atoms. The van der Waals surface area contributed by atoms with Gasteiger partial charge in [0.1, 0.15) is 11.4 Å². The van der Waals surface area contributed by atoms with Crippen LogP contribution < -0.4 is 4.74 Å². The minimum absolute atomic E-state index is 0.0444. The highest BCUT2D eigenvalue weighted by molar-refractivity contribution is 7.99. The Morgan fingerprint density at radius 2 is 1.89 bits per heavy atom. The van der Waals surface area contributed by atoms with Crippen molar-refractivity contribution in [2.45, 2.75) is 31.8 Å². The fourth-order valence-electron chi connectivity index (χ4n) is 2.60. The highest BCUT2D eigenvalue weighted by Gasteiger charge is 2.15. The van der Waals surface area contributed by atoms with Gasteiger partial charge in [0.2, 0.25) is 5.16 Å².